The zero-order chi connectivity index (χ0) is 22.0. The first kappa shape index (κ1) is 21.0. The number of hydrogen-bond acceptors (Lipinski definition) is 4. The molecule has 0 fully saturated rings. The highest BCUT2D eigenvalue weighted by Crippen LogP contribution is 2.28. The van der Waals surface area contributed by atoms with Crippen LogP contribution in [0.4, 0.5) is 5.69 Å². The second-order valence-corrected chi connectivity index (χ2v) is 9.28. The van der Waals surface area contributed by atoms with E-state index in [0.29, 0.717) is 16.4 Å². The van der Waals surface area contributed by atoms with Gasteiger partial charge in [0.25, 0.3) is 10.0 Å². The molecule has 0 atom stereocenters. The third-order valence-electron chi connectivity index (χ3n) is 4.79. The minimum Gasteiger partial charge on any atom is -0.378 e. The van der Waals surface area contributed by atoms with E-state index in [9.17, 15) is 8.42 Å². The average Bonchev–Trinajstić information content (AvgIpc) is 3.18. The van der Waals surface area contributed by atoms with Crippen molar-refractivity contribution in [2.45, 2.75) is 4.90 Å². The summed E-state index contributed by atoms with van der Waals surface area (Å²) in [7, 11) is 0.108. The van der Waals surface area contributed by atoms with Gasteiger partial charge in [-0.1, -0.05) is 54.1 Å². The number of anilines is 1. The average molecular weight is 453 g/mol. The predicted octanol–water partition coefficient (Wildman–Crippen LogP) is 4.87. The van der Waals surface area contributed by atoms with Crippen LogP contribution in [0.3, 0.4) is 0 Å². The molecule has 1 heterocycles. The Kier molecular flexibility index (Phi) is 5.71. The Hall–Kier alpha value is -3.29. The first-order valence-corrected chi connectivity index (χ1v) is 11.4. The molecule has 158 valence electrons. The van der Waals surface area contributed by atoms with Crippen LogP contribution in [-0.4, -0.2) is 32.4 Å². The van der Waals surface area contributed by atoms with Gasteiger partial charge in [0.2, 0.25) is 0 Å². The molecule has 0 aliphatic rings. The van der Waals surface area contributed by atoms with Gasteiger partial charge in [-0.3, -0.25) is 0 Å². The molecule has 31 heavy (non-hydrogen) atoms. The summed E-state index contributed by atoms with van der Waals surface area (Å²) < 4.78 is 25.8. The van der Waals surface area contributed by atoms with Crippen LogP contribution in [0.1, 0.15) is 0 Å². The van der Waals surface area contributed by atoms with Gasteiger partial charge in [0.1, 0.15) is 0 Å². The van der Waals surface area contributed by atoms with Crippen molar-refractivity contribution in [2.75, 3.05) is 23.8 Å². The summed E-state index contributed by atoms with van der Waals surface area (Å²) in [5.41, 5.74) is 3.94. The number of halogens is 1. The number of rotatable bonds is 6. The van der Waals surface area contributed by atoms with Crippen molar-refractivity contribution in [1.82, 2.24) is 9.89 Å². The molecule has 0 bridgehead atoms. The van der Waals surface area contributed by atoms with Crippen LogP contribution in [0.2, 0.25) is 5.02 Å². The van der Waals surface area contributed by atoms with Crippen molar-refractivity contribution in [2.24, 2.45) is 0 Å². The first-order chi connectivity index (χ1) is 14.8. The Labute approximate surface area is 186 Å². The van der Waals surface area contributed by atoms with Gasteiger partial charge in [-0.2, -0.15) is 23.1 Å². The van der Waals surface area contributed by atoms with Gasteiger partial charge in [0, 0.05) is 35.9 Å². The molecule has 0 aliphatic carbocycles. The van der Waals surface area contributed by atoms with E-state index in [2.05, 4.69) is 9.93 Å². The monoisotopic (exact) mass is 452 g/mol. The van der Waals surface area contributed by atoms with Crippen molar-refractivity contribution in [3.05, 3.63) is 90.0 Å². The molecule has 0 saturated heterocycles. The Morgan fingerprint density at radius 1 is 0.871 bits per heavy atom. The molecule has 0 radical (unpaired) electrons. The predicted molar refractivity (Wildman–Crippen MR) is 125 cm³/mol. The maximum Gasteiger partial charge on any atom is 0.276 e. The van der Waals surface area contributed by atoms with Gasteiger partial charge < -0.3 is 4.90 Å². The smallest absolute Gasteiger partial charge is 0.276 e. The summed E-state index contributed by atoms with van der Waals surface area (Å²) >= 11 is 6.01. The van der Waals surface area contributed by atoms with Crippen LogP contribution in [0.15, 0.2) is 89.8 Å². The van der Waals surface area contributed by atoms with Crippen LogP contribution in [0, 0.1) is 0 Å². The first-order valence-electron chi connectivity index (χ1n) is 9.55. The van der Waals surface area contributed by atoms with Crippen LogP contribution in [0.25, 0.3) is 22.5 Å². The Balaban J connectivity index is 1.79. The van der Waals surface area contributed by atoms with Gasteiger partial charge in [-0.15, -0.1) is 0 Å². The minimum absolute atomic E-state index is 0.160. The lowest BCUT2D eigenvalue weighted by Gasteiger charge is -2.14. The van der Waals surface area contributed by atoms with E-state index in [0.717, 1.165) is 16.8 Å². The van der Waals surface area contributed by atoms with Crippen LogP contribution >= 0.6 is 11.6 Å². The van der Waals surface area contributed by atoms with E-state index in [-0.39, 0.29) is 4.90 Å². The molecule has 8 heteroatoms. The number of hydrogen-bond donors (Lipinski definition) is 1. The fourth-order valence-corrected chi connectivity index (χ4v) is 4.23. The fraction of sp³-hybridized carbons (Fsp3) is 0.0870. The van der Waals surface area contributed by atoms with Gasteiger partial charge in [0.15, 0.2) is 0 Å². The van der Waals surface area contributed by atoms with Crippen molar-refractivity contribution in [1.29, 1.82) is 0 Å². The molecule has 0 saturated carbocycles. The highest BCUT2D eigenvalue weighted by atomic mass is 35.5. The van der Waals surface area contributed by atoms with Crippen LogP contribution in [-0.2, 0) is 10.0 Å². The molecule has 1 aromatic heterocycles. The molecule has 0 amide bonds. The molecule has 4 rings (SSSR count). The van der Waals surface area contributed by atoms with E-state index in [4.69, 9.17) is 11.6 Å². The molecule has 6 nitrogen and oxygen atoms in total. The van der Waals surface area contributed by atoms with Gasteiger partial charge in [-0.25, -0.2) is 0 Å². The van der Waals surface area contributed by atoms with Gasteiger partial charge >= 0.3 is 0 Å². The molecular weight excluding hydrogens is 432 g/mol. The third-order valence-corrected chi connectivity index (χ3v) is 6.35. The van der Waals surface area contributed by atoms with Crippen molar-refractivity contribution >= 4 is 27.3 Å². The zero-order valence-corrected chi connectivity index (χ0v) is 18.6. The Morgan fingerprint density at radius 2 is 1.48 bits per heavy atom. The van der Waals surface area contributed by atoms with Crippen molar-refractivity contribution < 1.29 is 8.42 Å². The van der Waals surface area contributed by atoms with E-state index in [1.165, 1.54) is 16.9 Å². The molecule has 0 unspecified atom stereocenters. The SMILES string of the molecule is CN(C)c1ccc(-c2cc(-c3ccc(Cl)cc3)nn2NS(=O)(=O)c2ccccc2)cc1. The van der Waals surface area contributed by atoms with E-state index in [1.807, 2.05) is 61.5 Å². The maximum atomic E-state index is 12.9. The second-order valence-electron chi connectivity index (χ2n) is 7.18. The molecule has 0 spiro atoms. The molecule has 3 aromatic carbocycles. The summed E-state index contributed by atoms with van der Waals surface area (Å²) in [5.74, 6) is 0. The van der Waals surface area contributed by atoms with E-state index < -0.39 is 10.0 Å². The Bertz CT molecular complexity index is 1280. The molecular formula is C23H21ClN4O2S. The normalized spacial score (nSPS) is 11.3. The highest BCUT2D eigenvalue weighted by Gasteiger charge is 2.19. The van der Waals surface area contributed by atoms with Crippen LogP contribution in [0.5, 0.6) is 0 Å². The number of aromatic nitrogens is 2. The van der Waals surface area contributed by atoms with Crippen LogP contribution < -0.4 is 9.73 Å². The number of sulfonamides is 1. The van der Waals surface area contributed by atoms with Gasteiger partial charge in [-0.05, 0) is 42.5 Å². The molecule has 1 N–H and O–H groups in total. The fourth-order valence-electron chi connectivity index (χ4n) is 3.11. The zero-order valence-electron chi connectivity index (χ0n) is 17.0. The van der Waals surface area contributed by atoms with Crippen molar-refractivity contribution in [3.8, 4) is 22.5 Å². The molecule has 0 aliphatic heterocycles. The summed E-state index contributed by atoms with van der Waals surface area (Å²) in [5, 5.41) is 5.15. The number of nitrogens with one attached hydrogen (secondary N) is 1. The summed E-state index contributed by atoms with van der Waals surface area (Å²) in [6.07, 6.45) is 0. The van der Waals surface area contributed by atoms with E-state index in [1.54, 1.807) is 30.3 Å². The Morgan fingerprint density at radius 3 is 2.10 bits per heavy atom. The van der Waals surface area contributed by atoms with E-state index >= 15 is 0 Å². The largest absolute Gasteiger partial charge is 0.378 e. The quantitative estimate of drug-likeness (QED) is 0.453. The summed E-state index contributed by atoms with van der Waals surface area (Å²) in [6.45, 7) is 0. The second kappa shape index (κ2) is 8.45. The number of benzene rings is 3. The standard InChI is InChI=1S/C23H21ClN4O2S/c1-27(2)20-14-10-18(11-15-20)23-16-22(17-8-12-19(24)13-9-17)25-28(23)26-31(29,30)21-6-4-3-5-7-21/h3-16,26H,1-2H3. The number of nitrogens with zero attached hydrogens (tertiary/aromatic N) is 3. The molecule has 4 aromatic rings. The lowest BCUT2D eigenvalue weighted by molar-refractivity contribution is 0.592. The summed E-state index contributed by atoms with van der Waals surface area (Å²) in [6, 6.07) is 25.1. The van der Waals surface area contributed by atoms with Gasteiger partial charge in [0.05, 0.1) is 16.3 Å². The highest BCUT2D eigenvalue weighted by molar-refractivity contribution is 7.92. The third kappa shape index (κ3) is 4.57. The summed E-state index contributed by atoms with van der Waals surface area (Å²) in [4.78, 5) is 6.04. The lowest BCUT2D eigenvalue weighted by atomic mass is 10.1. The minimum atomic E-state index is -3.82. The topological polar surface area (TPSA) is 67.2 Å². The maximum absolute atomic E-state index is 12.9. The van der Waals surface area contributed by atoms with Crippen molar-refractivity contribution in [3.63, 3.8) is 0 Å². The lowest BCUT2D eigenvalue weighted by Crippen LogP contribution is -2.25.